The summed E-state index contributed by atoms with van der Waals surface area (Å²) in [7, 11) is 1.38. The van der Waals surface area contributed by atoms with Crippen LogP contribution in [0.5, 0.6) is 0 Å². The normalized spacial score (nSPS) is 11.9. The second-order valence-electron chi connectivity index (χ2n) is 4.05. The molecular formula is C14H14ClNO2S. The molecule has 1 unspecified atom stereocenters. The second-order valence-corrected chi connectivity index (χ2v) is 5.79. The van der Waals surface area contributed by atoms with Gasteiger partial charge in [0.25, 0.3) is 0 Å². The van der Waals surface area contributed by atoms with E-state index < -0.39 is 0 Å². The minimum Gasteiger partial charge on any atom is -0.465 e. The van der Waals surface area contributed by atoms with Crippen molar-refractivity contribution < 1.29 is 9.53 Å². The third-order valence-corrected chi connectivity index (χ3v) is 4.14. The van der Waals surface area contributed by atoms with Gasteiger partial charge in [0, 0.05) is 10.6 Å². The van der Waals surface area contributed by atoms with E-state index in [-0.39, 0.29) is 12.0 Å². The second kappa shape index (κ2) is 6.08. The summed E-state index contributed by atoms with van der Waals surface area (Å²) in [5.41, 5.74) is 1.28. The standard InChI is InChI=1S/C14H14ClNO2S/c1-9(12-7-8-13(15)19-12)16-11-6-4-3-5-10(11)14(17)18-2/h3-9,16H,1-2H3. The van der Waals surface area contributed by atoms with E-state index in [0.717, 1.165) is 14.9 Å². The lowest BCUT2D eigenvalue weighted by Crippen LogP contribution is -2.10. The largest absolute Gasteiger partial charge is 0.465 e. The molecule has 0 radical (unpaired) electrons. The van der Waals surface area contributed by atoms with Crippen molar-refractivity contribution in [2.75, 3.05) is 12.4 Å². The lowest BCUT2D eigenvalue weighted by molar-refractivity contribution is 0.0602. The summed E-state index contributed by atoms with van der Waals surface area (Å²) < 4.78 is 5.53. The Morgan fingerprint density at radius 3 is 2.68 bits per heavy atom. The molecule has 5 heteroatoms. The highest BCUT2D eigenvalue weighted by atomic mass is 35.5. The fourth-order valence-electron chi connectivity index (χ4n) is 1.76. The van der Waals surface area contributed by atoms with E-state index >= 15 is 0 Å². The van der Waals surface area contributed by atoms with Crippen LogP contribution in [0.3, 0.4) is 0 Å². The van der Waals surface area contributed by atoms with Gasteiger partial charge in [0.15, 0.2) is 0 Å². The molecule has 0 aliphatic heterocycles. The summed E-state index contributed by atoms with van der Waals surface area (Å²) in [6, 6.07) is 11.2. The number of rotatable bonds is 4. The number of methoxy groups -OCH3 is 1. The Bertz CT molecular complexity index is 582. The number of hydrogen-bond acceptors (Lipinski definition) is 4. The number of para-hydroxylation sites is 1. The number of thiophene rings is 1. The predicted molar refractivity (Wildman–Crippen MR) is 79.1 cm³/mol. The number of ether oxygens (including phenoxy) is 1. The Balaban J connectivity index is 2.21. The molecule has 0 amide bonds. The van der Waals surface area contributed by atoms with Gasteiger partial charge in [-0.2, -0.15) is 0 Å². The van der Waals surface area contributed by atoms with Crippen LogP contribution in [0.1, 0.15) is 28.2 Å². The zero-order valence-electron chi connectivity index (χ0n) is 10.6. The summed E-state index contributed by atoms with van der Waals surface area (Å²) in [6.07, 6.45) is 0. The van der Waals surface area contributed by atoms with Crippen LogP contribution in [0.25, 0.3) is 0 Å². The first kappa shape index (κ1) is 13.9. The summed E-state index contributed by atoms with van der Waals surface area (Å²) in [5, 5.41) is 3.31. The Hall–Kier alpha value is -1.52. The van der Waals surface area contributed by atoms with Crippen LogP contribution < -0.4 is 5.32 Å². The number of benzene rings is 1. The molecule has 0 aliphatic rings. The van der Waals surface area contributed by atoms with Gasteiger partial charge in [-0.25, -0.2) is 4.79 Å². The van der Waals surface area contributed by atoms with Crippen LogP contribution in [0.2, 0.25) is 4.34 Å². The van der Waals surface area contributed by atoms with E-state index in [4.69, 9.17) is 16.3 Å². The molecule has 0 spiro atoms. The van der Waals surface area contributed by atoms with Crippen LogP contribution in [-0.4, -0.2) is 13.1 Å². The summed E-state index contributed by atoms with van der Waals surface area (Å²) in [4.78, 5) is 12.8. The molecular weight excluding hydrogens is 282 g/mol. The molecule has 0 aliphatic carbocycles. The number of nitrogens with one attached hydrogen (secondary N) is 1. The van der Waals surface area contributed by atoms with E-state index in [1.807, 2.05) is 37.3 Å². The first-order valence-corrected chi connectivity index (χ1v) is 7.00. The maximum absolute atomic E-state index is 11.7. The molecule has 0 saturated carbocycles. The number of carbonyl (C=O) groups is 1. The number of halogens is 1. The van der Waals surface area contributed by atoms with Crippen LogP contribution in [0.4, 0.5) is 5.69 Å². The van der Waals surface area contributed by atoms with E-state index in [1.165, 1.54) is 18.4 Å². The molecule has 3 nitrogen and oxygen atoms in total. The minimum atomic E-state index is -0.348. The number of hydrogen-bond donors (Lipinski definition) is 1. The topological polar surface area (TPSA) is 38.3 Å². The molecule has 2 aromatic rings. The lowest BCUT2D eigenvalue weighted by atomic mass is 10.1. The SMILES string of the molecule is COC(=O)c1ccccc1NC(C)c1ccc(Cl)s1. The predicted octanol–water partition coefficient (Wildman–Crippen LogP) is 4.36. The fourth-order valence-corrected chi connectivity index (χ4v) is 2.83. The van der Waals surface area contributed by atoms with E-state index in [2.05, 4.69) is 5.32 Å². The average Bonchev–Trinajstić information content (AvgIpc) is 2.85. The van der Waals surface area contributed by atoms with Crippen molar-refractivity contribution in [2.24, 2.45) is 0 Å². The highest BCUT2D eigenvalue weighted by Gasteiger charge is 2.14. The quantitative estimate of drug-likeness (QED) is 0.852. The third-order valence-electron chi connectivity index (χ3n) is 2.73. The molecule has 19 heavy (non-hydrogen) atoms. The summed E-state index contributed by atoms with van der Waals surface area (Å²) in [6.45, 7) is 2.02. The van der Waals surface area contributed by atoms with Gasteiger partial charge >= 0.3 is 5.97 Å². The lowest BCUT2D eigenvalue weighted by Gasteiger charge is -2.16. The van der Waals surface area contributed by atoms with Crippen molar-refractivity contribution in [3.63, 3.8) is 0 Å². The van der Waals surface area contributed by atoms with Crippen LogP contribution in [-0.2, 0) is 4.74 Å². The van der Waals surface area contributed by atoms with Crippen molar-refractivity contribution >= 4 is 34.6 Å². The molecule has 1 aromatic carbocycles. The molecule has 0 fully saturated rings. The van der Waals surface area contributed by atoms with Gasteiger partial charge in [0.05, 0.1) is 23.1 Å². The van der Waals surface area contributed by atoms with Gasteiger partial charge in [-0.05, 0) is 31.2 Å². The van der Waals surface area contributed by atoms with Crippen LogP contribution >= 0.6 is 22.9 Å². The van der Waals surface area contributed by atoms with E-state index in [1.54, 1.807) is 6.07 Å². The van der Waals surface area contributed by atoms with Crippen LogP contribution in [0.15, 0.2) is 36.4 Å². The van der Waals surface area contributed by atoms with Gasteiger partial charge in [0.2, 0.25) is 0 Å². The first-order valence-electron chi connectivity index (χ1n) is 5.81. The van der Waals surface area contributed by atoms with Crippen LogP contribution in [0, 0.1) is 0 Å². The highest BCUT2D eigenvalue weighted by Crippen LogP contribution is 2.30. The molecule has 1 N–H and O–H groups in total. The number of carbonyl (C=O) groups excluding carboxylic acids is 1. The fraction of sp³-hybridized carbons (Fsp3) is 0.214. The van der Waals surface area contributed by atoms with Crippen molar-refractivity contribution in [1.82, 2.24) is 0 Å². The van der Waals surface area contributed by atoms with Crippen molar-refractivity contribution in [3.05, 3.63) is 51.2 Å². The van der Waals surface area contributed by atoms with Crippen molar-refractivity contribution in [1.29, 1.82) is 0 Å². The van der Waals surface area contributed by atoms with Gasteiger partial charge in [-0.3, -0.25) is 0 Å². The zero-order chi connectivity index (χ0) is 13.8. The summed E-state index contributed by atoms with van der Waals surface area (Å²) >= 11 is 7.45. The van der Waals surface area contributed by atoms with Crippen molar-refractivity contribution in [3.8, 4) is 0 Å². The maximum atomic E-state index is 11.7. The van der Waals surface area contributed by atoms with E-state index in [0.29, 0.717) is 5.56 Å². The Morgan fingerprint density at radius 1 is 1.32 bits per heavy atom. The molecule has 2 rings (SSSR count). The van der Waals surface area contributed by atoms with Gasteiger partial charge in [-0.1, -0.05) is 23.7 Å². The van der Waals surface area contributed by atoms with Gasteiger partial charge < -0.3 is 10.1 Å². The molecule has 1 heterocycles. The smallest absolute Gasteiger partial charge is 0.339 e. The minimum absolute atomic E-state index is 0.0725. The Morgan fingerprint density at radius 2 is 2.05 bits per heavy atom. The zero-order valence-corrected chi connectivity index (χ0v) is 12.2. The Kier molecular flexibility index (Phi) is 4.45. The van der Waals surface area contributed by atoms with Crippen molar-refractivity contribution in [2.45, 2.75) is 13.0 Å². The molecule has 0 saturated heterocycles. The molecule has 0 bridgehead atoms. The van der Waals surface area contributed by atoms with E-state index in [9.17, 15) is 4.79 Å². The van der Waals surface area contributed by atoms with Gasteiger partial charge in [-0.15, -0.1) is 11.3 Å². The highest BCUT2D eigenvalue weighted by molar-refractivity contribution is 7.16. The molecule has 1 aromatic heterocycles. The Labute approximate surface area is 121 Å². The third kappa shape index (κ3) is 3.28. The first-order chi connectivity index (χ1) is 9.11. The average molecular weight is 296 g/mol. The molecule has 1 atom stereocenters. The monoisotopic (exact) mass is 295 g/mol. The number of anilines is 1. The van der Waals surface area contributed by atoms with Gasteiger partial charge in [0.1, 0.15) is 0 Å². The number of esters is 1. The summed E-state index contributed by atoms with van der Waals surface area (Å²) in [5.74, 6) is -0.348. The maximum Gasteiger partial charge on any atom is 0.339 e. The molecule has 100 valence electrons.